The zero-order valence-electron chi connectivity index (χ0n) is 16.0. The second-order valence-electron chi connectivity index (χ2n) is 6.92. The lowest BCUT2D eigenvalue weighted by atomic mass is 10.0. The molecule has 1 aliphatic rings. The van der Waals surface area contributed by atoms with Crippen LogP contribution in [0.25, 0.3) is 5.69 Å². The number of benzene rings is 1. The van der Waals surface area contributed by atoms with Crippen LogP contribution in [0, 0.1) is 18.3 Å². The summed E-state index contributed by atoms with van der Waals surface area (Å²) in [6, 6.07) is 10.9. The summed E-state index contributed by atoms with van der Waals surface area (Å²) < 4.78 is 5.95. The quantitative estimate of drug-likeness (QED) is 0.681. The Morgan fingerprint density at radius 2 is 2.07 bits per heavy atom. The van der Waals surface area contributed by atoms with Gasteiger partial charge in [-0.25, -0.2) is 4.98 Å². The van der Waals surface area contributed by atoms with E-state index in [0.717, 1.165) is 18.4 Å². The Morgan fingerprint density at radius 1 is 1.24 bits per heavy atom. The summed E-state index contributed by atoms with van der Waals surface area (Å²) in [4.78, 5) is 20.8. The zero-order chi connectivity index (χ0) is 20.2. The third kappa shape index (κ3) is 3.94. The molecule has 0 unspecified atom stereocenters. The number of pyridine rings is 1. The lowest BCUT2D eigenvalue weighted by molar-refractivity contribution is 0.0527. The highest BCUT2D eigenvalue weighted by atomic mass is 16.5. The molecule has 3 aromatic rings. The molecule has 3 heterocycles. The van der Waals surface area contributed by atoms with Gasteiger partial charge in [0, 0.05) is 18.8 Å². The Morgan fingerprint density at radius 3 is 2.86 bits per heavy atom. The van der Waals surface area contributed by atoms with Crippen molar-refractivity contribution in [2.24, 2.45) is 0 Å². The minimum atomic E-state index is -0.176. The number of para-hydroxylation sites is 1. The van der Waals surface area contributed by atoms with Gasteiger partial charge in [-0.05, 0) is 37.5 Å². The van der Waals surface area contributed by atoms with Crippen LogP contribution in [-0.4, -0.2) is 50.0 Å². The summed E-state index contributed by atoms with van der Waals surface area (Å²) in [5.74, 6) is 0.327. The van der Waals surface area contributed by atoms with E-state index in [2.05, 4.69) is 21.3 Å². The first-order valence-corrected chi connectivity index (χ1v) is 9.44. The van der Waals surface area contributed by atoms with Gasteiger partial charge in [0.1, 0.15) is 11.8 Å². The molecule has 8 nitrogen and oxygen atoms in total. The first kappa shape index (κ1) is 18.6. The van der Waals surface area contributed by atoms with Crippen LogP contribution in [0.1, 0.15) is 34.3 Å². The molecule has 146 valence electrons. The van der Waals surface area contributed by atoms with Crippen LogP contribution < -0.4 is 4.74 Å². The number of piperidine rings is 1. The van der Waals surface area contributed by atoms with E-state index in [4.69, 9.17) is 10.00 Å². The van der Waals surface area contributed by atoms with Crippen molar-refractivity contribution in [2.75, 3.05) is 13.1 Å². The van der Waals surface area contributed by atoms with Crippen molar-refractivity contribution in [1.82, 2.24) is 24.9 Å². The van der Waals surface area contributed by atoms with Gasteiger partial charge in [-0.15, -0.1) is 0 Å². The number of aromatic nitrogens is 4. The van der Waals surface area contributed by atoms with Gasteiger partial charge in [0.05, 0.1) is 36.1 Å². The van der Waals surface area contributed by atoms with Gasteiger partial charge in [0.15, 0.2) is 0 Å². The van der Waals surface area contributed by atoms with Gasteiger partial charge < -0.3 is 9.64 Å². The minimum Gasteiger partial charge on any atom is -0.472 e. The molecule has 1 fully saturated rings. The van der Waals surface area contributed by atoms with Gasteiger partial charge in [0.2, 0.25) is 5.88 Å². The van der Waals surface area contributed by atoms with E-state index >= 15 is 0 Å². The average Bonchev–Trinajstić information content (AvgIpc) is 3.28. The number of aryl methyl sites for hydroxylation is 1. The third-order valence-corrected chi connectivity index (χ3v) is 4.90. The molecule has 0 N–H and O–H groups in total. The van der Waals surface area contributed by atoms with E-state index in [0.29, 0.717) is 35.8 Å². The van der Waals surface area contributed by atoms with Gasteiger partial charge in [-0.1, -0.05) is 12.1 Å². The molecule has 1 saturated heterocycles. The van der Waals surface area contributed by atoms with Crippen molar-refractivity contribution in [1.29, 1.82) is 5.26 Å². The van der Waals surface area contributed by atoms with E-state index < -0.39 is 0 Å². The molecule has 1 aliphatic heterocycles. The van der Waals surface area contributed by atoms with Crippen LogP contribution in [0.4, 0.5) is 0 Å². The lowest BCUT2D eigenvalue weighted by Gasteiger charge is -2.33. The van der Waals surface area contributed by atoms with Gasteiger partial charge in [-0.3, -0.25) is 4.79 Å². The Kier molecular flexibility index (Phi) is 5.20. The average molecular weight is 388 g/mol. The molecule has 29 heavy (non-hydrogen) atoms. The normalized spacial score (nSPS) is 16.3. The predicted molar refractivity (Wildman–Crippen MR) is 105 cm³/mol. The van der Waals surface area contributed by atoms with Crippen molar-refractivity contribution in [3.05, 3.63) is 65.6 Å². The van der Waals surface area contributed by atoms with Crippen molar-refractivity contribution >= 4 is 5.91 Å². The number of carbonyl (C=O) groups is 1. The maximum absolute atomic E-state index is 13.3. The molecule has 0 radical (unpaired) electrons. The Balaban J connectivity index is 1.54. The number of amides is 1. The molecule has 0 bridgehead atoms. The number of likely N-dealkylation sites (tertiary alicyclic amines) is 1. The Hall–Kier alpha value is -3.73. The van der Waals surface area contributed by atoms with E-state index in [1.54, 1.807) is 41.7 Å². The number of nitriles is 1. The Bertz CT molecular complexity index is 1060. The van der Waals surface area contributed by atoms with Crippen LogP contribution in [0.15, 0.2) is 48.9 Å². The highest BCUT2D eigenvalue weighted by Gasteiger charge is 2.28. The molecular formula is C21H20N6O2. The van der Waals surface area contributed by atoms with Crippen LogP contribution in [0.5, 0.6) is 5.88 Å². The SMILES string of the molecule is Cc1cccc(C(=O)N2CCC[C@@H](Oc3cc(C#N)ccn3)C2)c1-n1nccn1. The first-order chi connectivity index (χ1) is 14.2. The van der Waals surface area contributed by atoms with Crippen LogP contribution in [-0.2, 0) is 0 Å². The van der Waals surface area contributed by atoms with Gasteiger partial charge in [-0.2, -0.15) is 20.3 Å². The standard InChI is InChI=1S/C21H20N6O2/c1-15-4-2-6-18(20(15)27-24-9-10-25-27)21(28)26-11-3-5-17(14-26)29-19-12-16(13-22)7-8-23-19/h2,4,6-10,12,17H,3,5,11,14H2,1H3/t17-/m1/s1. The highest BCUT2D eigenvalue weighted by Crippen LogP contribution is 2.23. The number of hydrogen-bond acceptors (Lipinski definition) is 6. The number of rotatable bonds is 4. The van der Waals surface area contributed by atoms with Crippen molar-refractivity contribution in [2.45, 2.75) is 25.9 Å². The Labute approximate surface area is 168 Å². The summed E-state index contributed by atoms with van der Waals surface area (Å²) >= 11 is 0. The van der Waals surface area contributed by atoms with Crippen LogP contribution >= 0.6 is 0 Å². The molecule has 8 heteroatoms. The van der Waals surface area contributed by atoms with Crippen LogP contribution in [0.2, 0.25) is 0 Å². The third-order valence-electron chi connectivity index (χ3n) is 4.90. The summed E-state index contributed by atoms with van der Waals surface area (Å²) in [5, 5.41) is 17.4. The highest BCUT2D eigenvalue weighted by molar-refractivity contribution is 5.98. The summed E-state index contributed by atoms with van der Waals surface area (Å²) in [6.45, 7) is 3.05. The summed E-state index contributed by atoms with van der Waals surface area (Å²) in [5.41, 5.74) is 2.67. The fourth-order valence-corrected chi connectivity index (χ4v) is 3.53. The smallest absolute Gasteiger partial charge is 0.256 e. The molecule has 4 rings (SSSR count). The fourth-order valence-electron chi connectivity index (χ4n) is 3.53. The second kappa shape index (κ2) is 8.10. The monoisotopic (exact) mass is 388 g/mol. The topological polar surface area (TPSA) is 96.9 Å². The van der Waals surface area contributed by atoms with E-state index in [1.165, 1.54) is 4.80 Å². The molecule has 1 aromatic carbocycles. The lowest BCUT2D eigenvalue weighted by Crippen LogP contribution is -2.44. The summed E-state index contributed by atoms with van der Waals surface area (Å²) in [6.07, 6.45) is 6.21. The largest absolute Gasteiger partial charge is 0.472 e. The molecule has 0 spiro atoms. The predicted octanol–water partition coefficient (Wildman–Crippen LogP) is 2.53. The molecule has 1 amide bonds. The van der Waals surface area contributed by atoms with Crippen molar-refractivity contribution in [3.8, 4) is 17.6 Å². The zero-order valence-corrected chi connectivity index (χ0v) is 16.0. The maximum Gasteiger partial charge on any atom is 0.256 e. The van der Waals surface area contributed by atoms with E-state index in [1.807, 2.05) is 19.1 Å². The number of carbonyl (C=O) groups excluding carboxylic acids is 1. The number of nitrogens with zero attached hydrogens (tertiary/aromatic N) is 6. The molecular weight excluding hydrogens is 368 g/mol. The molecule has 0 saturated carbocycles. The minimum absolute atomic E-state index is 0.0759. The molecule has 0 aliphatic carbocycles. The van der Waals surface area contributed by atoms with Crippen LogP contribution in [0.3, 0.4) is 0 Å². The molecule has 2 aromatic heterocycles. The van der Waals surface area contributed by atoms with Crippen molar-refractivity contribution < 1.29 is 9.53 Å². The second-order valence-corrected chi connectivity index (χ2v) is 6.92. The van der Waals surface area contributed by atoms with Crippen molar-refractivity contribution in [3.63, 3.8) is 0 Å². The van der Waals surface area contributed by atoms with E-state index in [9.17, 15) is 4.79 Å². The molecule has 1 atom stereocenters. The number of hydrogen-bond donors (Lipinski definition) is 0. The van der Waals surface area contributed by atoms with E-state index in [-0.39, 0.29) is 12.0 Å². The van der Waals surface area contributed by atoms with Gasteiger partial charge >= 0.3 is 0 Å². The fraction of sp³-hybridized carbons (Fsp3) is 0.286. The maximum atomic E-state index is 13.3. The first-order valence-electron chi connectivity index (χ1n) is 9.44. The van der Waals surface area contributed by atoms with Gasteiger partial charge in [0.25, 0.3) is 5.91 Å². The number of ether oxygens (including phenoxy) is 1. The summed E-state index contributed by atoms with van der Waals surface area (Å²) in [7, 11) is 0.